The second kappa shape index (κ2) is 6.98. The standard InChI is InChI=1S/C16H21FN2OS/c1-10-9-12(17)7-8-13(10)16(20)19-14(15(18)21)11-5-3-2-4-6-11/h7-9,11,14H,2-6H2,1H3,(H2,18,21)(H,19,20). The summed E-state index contributed by atoms with van der Waals surface area (Å²) in [5.41, 5.74) is 6.89. The zero-order valence-electron chi connectivity index (χ0n) is 12.2. The molecule has 0 bridgehead atoms. The van der Waals surface area contributed by atoms with Gasteiger partial charge in [0.1, 0.15) is 5.82 Å². The second-order valence-corrected chi connectivity index (χ2v) is 6.18. The van der Waals surface area contributed by atoms with Gasteiger partial charge in [-0.25, -0.2) is 4.39 Å². The summed E-state index contributed by atoms with van der Waals surface area (Å²) in [5, 5.41) is 2.94. The van der Waals surface area contributed by atoms with Gasteiger partial charge in [0.25, 0.3) is 5.91 Å². The van der Waals surface area contributed by atoms with E-state index in [2.05, 4.69) is 5.32 Å². The molecule has 1 unspecified atom stereocenters. The van der Waals surface area contributed by atoms with Crippen molar-refractivity contribution in [1.29, 1.82) is 0 Å². The number of carbonyl (C=O) groups excluding carboxylic acids is 1. The maximum atomic E-state index is 13.1. The fourth-order valence-electron chi connectivity index (χ4n) is 2.99. The Bertz CT molecular complexity index is 541. The van der Waals surface area contributed by atoms with Crippen LogP contribution in [0.15, 0.2) is 18.2 Å². The molecular weight excluding hydrogens is 287 g/mol. The number of aryl methyl sites for hydroxylation is 1. The van der Waals surface area contributed by atoms with E-state index >= 15 is 0 Å². The Labute approximate surface area is 130 Å². The third-order valence-corrected chi connectivity index (χ3v) is 4.40. The maximum absolute atomic E-state index is 13.1. The zero-order valence-corrected chi connectivity index (χ0v) is 13.0. The van der Waals surface area contributed by atoms with Crippen LogP contribution in [0, 0.1) is 18.7 Å². The van der Waals surface area contributed by atoms with Gasteiger partial charge in [0.15, 0.2) is 0 Å². The van der Waals surface area contributed by atoms with E-state index in [1.807, 2.05) is 0 Å². The summed E-state index contributed by atoms with van der Waals surface area (Å²) < 4.78 is 13.1. The van der Waals surface area contributed by atoms with Gasteiger partial charge in [0.05, 0.1) is 11.0 Å². The molecule has 1 aliphatic carbocycles. The molecule has 0 saturated heterocycles. The van der Waals surface area contributed by atoms with Crippen molar-refractivity contribution in [2.45, 2.75) is 45.1 Å². The minimum absolute atomic E-state index is 0.240. The molecule has 0 aromatic heterocycles. The topological polar surface area (TPSA) is 55.1 Å². The van der Waals surface area contributed by atoms with E-state index in [0.29, 0.717) is 22.0 Å². The highest BCUT2D eigenvalue weighted by atomic mass is 32.1. The molecule has 2 rings (SSSR count). The first kappa shape index (κ1) is 15.9. The summed E-state index contributed by atoms with van der Waals surface area (Å²) in [7, 11) is 0. The molecule has 0 spiro atoms. The van der Waals surface area contributed by atoms with Gasteiger partial charge in [0, 0.05) is 5.56 Å². The number of thiocarbonyl (C=S) groups is 1. The molecule has 1 aromatic rings. The average molecular weight is 308 g/mol. The van der Waals surface area contributed by atoms with Crippen molar-refractivity contribution in [3.05, 3.63) is 35.1 Å². The lowest BCUT2D eigenvalue weighted by molar-refractivity contribution is 0.0931. The number of hydrogen-bond donors (Lipinski definition) is 2. The molecule has 114 valence electrons. The van der Waals surface area contributed by atoms with Crippen molar-refractivity contribution in [1.82, 2.24) is 5.32 Å². The predicted molar refractivity (Wildman–Crippen MR) is 85.8 cm³/mol. The van der Waals surface area contributed by atoms with E-state index in [1.165, 1.54) is 24.6 Å². The Morgan fingerprint density at radius 1 is 1.38 bits per heavy atom. The van der Waals surface area contributed by atoms with E-state index < -0.39 is 0 Å². The first-order valence-electron chi connectivity index (χ1n) is 7.35. The first-order valence-corrected chi connectivity index (χ1v) is 7.76. The van der Waals surface area contributed by atoms with Crippen molar-refractivity contribution >= 4 is 23.1 Å². The quantitative estimate of drug-likeness (QED) is 0.840. The molecule has 0 radical (unpaired) electrons. The van der Waals surface area contributed by atoms with Crippen LogP contribution in [0.5, 0.6) is 0 Å². The highest BCUT2D eigenvalue weighted by molar-refractivity contribution is 7.80. The van der Waals surface area contributed by atoms with Gasteiger partial charge >= 0.3 is 0 Å². The van der Waals surface area contributed by atoms with Crippen molar-refractivity contribution in [3.63, 3.8) is 0 Å². The highest BCUT2D eigenvalue weighted by Crippen LogP contribution is 2.27. The fourth-order valence-corrected chi connectivity index (χ4v) is 3.24. The van der Waals surface area contributed by atoms with Crippen molar-refractivity contribution in [2.24, 2.45) is 11.7 Å². The van der Waals surface area contributed by atoms with E-state index in [1.54, 1.807) is 6.92 Å². The molecular formula is C16H21FN2OS. The number of nitrogens with one attached hydrogen (secondary N) is 1. The molecule has 0 aliphatic heterocycles. The number of nitrogens with two attached hydrogens (primary N) is 1. The number of carbonyl (C=O) groups is 1. The van der Waals surface area contributed by atoms with Crippen LogP contribution in [-0.2, 0) is 0 Å². The molecule has 1 aromatic carbocycles. The van der Waals surface area contributed by atoms with Gasteiger partial charge < -0.3 is 11.1 Å². The maximum Gasteiger partial charge on any atom is 0.252 e. The molecule has 3 N–H and O–H groups in total. The van der Waals surface area contributed by atoms with Crippen LogP contribution in [0.2, 0.25) is 0 Å². The lowest BCUT2D eigenvalue weighted by Gasteiger charge is -2.30. The average Bonchev–Trinajstić information content (AvgIpc) is 2.45. The Kier molecular flexibility index (Phi) is 5.28. The van der Waals surface area contributed by atoms with E-state index in [0.717, 1.165) is 25.7 Å². The van der Waals surface area contributed by atoms with Crippen LogP contribution in [0.1, 0.15) is 48.0 Å². The smallest absolute Gasteiger partial charge is 0.252 e. The predicted octanol–water partition coefficient (Wildman–Crippen LogP) is 3.10. The number of rotatable bonds is 4. The second-order valence-electron chi connectivity index (χ2n) is 5.71. The Morgan fingerprint density at radius 3 is 2.62 bits per heavy atom. The van der Waals surface area contributed by atoms with Crippen LogP contribution in [0.4, 0.5) is 4.39 Å². The number of halogens is 1. The van der Waals surface area contributed by atoms with Crippen LogP contribution in [-0.4, -0.2) is 16.9 Å². The van der Waals surface area contributed by atoms with Crippen molar-refractivity contribution in [2.75, 3.05) is 0 Å². The van der Waals surface area contributed by atoms with Gasteiger partial charge in [-0.05, 0) is 49.4 Å². The summed E-state index contributed by atoms with van der Waals surface area (Å²) in [6, 6.07) is 3.86. The van der Waals surface area contributed by atoms with Crippen LogP contribution < -0.4 is 11.1 Å². The van der Waals surface area contributed by atoms with Crippen molar-refractivity contribution in [3.8, 4) is 0 Å². The minimum Gasteiger partial charge on any atom is -0.392 e. The Balaban J connectivity index is 2.12. The monoisotopic (exact) mass is 308 g/mol. The molecule has 1 fully saturated rings. The largest absolute Gasteiger partial charge is 0.392 e. The molecule has 5 heteroatoms. The summed E-state index contributed by atoms with van der Waals surface area (Å²) in [4.78, 5) is 12.7. The zero-order chi connectivity index (χ0) is 15.4. The van der Waals surface area contributed by atoms with Crippen LogP contribution in [0.3, 0.4) is 0 Å². The molecule has 1 atom stereocenters. The Morgan fingerprint density at radius 2 is 2.05 bits per heavy atom. The van der Waals surface area contributed by atoms with Crippen molar-refractivity contribution < 1.29 is 9.18 Å². The SMILES string of the molecule is Cc1cc(F)ccc1C(=O)NC(C(N)=S)C1CCCCC1. The van der Waals surface area contributed by atoms with Gasteiger partial charge in [0.2, 0.25) is 0 Å². The molecule has 1 amide bonds. The van der Waals surface area contributed by atoms with Gasteiger partial charge in [-0.1, -0.05) is 31.5 Å². The molecule has 3 nitrogen and oxygen atoms in total. The number of benzene rings is 1. The summed E-state index contributed by atoms with van der Waals surface area (Å²) in [6.45, 7) is 1.72. The molecule has 21 heavy (non-hydrogen) atoms. The lowest BCUT2D eigenvalue weighted by Crippen LogP contribution is -2.49. The normalized spacial score (nSPS) is 17.2. The summed E-state index contributed by atoms with van der Waals surface area (Å²) in [5.74, 6) is -0.279. The first-order chi connectivity index (χ1) is 9.99. The lowest BCUT2D eigenvalue weighted by atomic mass is 9.83. The minimum atomic E-state index is -0.345. The Hall–Kier alpha value is -1.49. The van der Waals surface area contributed by atoms with E-state index in [9.17, 15) is 9.18 Å². The highest BCUT2D eigenvalue weighted by Gasteiger charge is 2.27. The third-order valence-electron chi connectivity index (χ3n) is 4.15. The summed E-state index contributed by atoms with van der Waals surface area (Å²) in [6.07, 6.45) is 5.59. The molecule has 0 heterocycles. The summed E-state index contributed by atoms with van der Waals surface area (Å²) >= 11 is 5.12. The number of hydrogen-bond acceptors (Lipinski definition) is 2. The van der Waals surface area contributed by atoms with Crippen LogP contribution in [0.25, 0.3) is 0 Å². The van der Waals surface area contributed by atoms with Gasteiger partial charge in [-0.15, -0.1) is 0 Å². The third kappa shape index (κ3) is 4.00. The van der Waals surface area contributed by atoms with E-state index in [-0.39, 0.29) is 17.8 Å². The fraction of sp³-hybridized carbons (Fsp3) is 0.500. The van der Waals surface area contributed by atoms with Gasteiger partial charge in [-0.2, -0.15) is 0 Å². The number of amides is 1. The molecule has 1 saturated carbocycles. The van der Waals surface area contributed by atoms with Gasteiger partial charge in [-0.3, -0.25) is 4.79 Å². The molecule has 1 aliphatic rings. The van der Waals surface area contributed by atoms with E-state index in [4.69, 9.17) is 18.0 Å². The van der Waals surface area contributed by atoms with Crippen LogP contribution >= 0.6 is 12.2 Å².